The van der Waals surface area contributed by atoms with E-state index in [0.29, 0.717) is 0 Å². The van der Waals surface area contributed by atoms with Gasteiger partial charge in [0.25, 0.3) is 0 Å². The molecule has 424 valence electrons. The highest BCUT2D eigenvalue weighted by molar-refractivity contribution is 7.26. The van der Waals surface area contributed by atoms with Crippen molar-refractivity contribution in [1.29, 1.82) is 0 Å². The standard InChI is InChI=1S/C82H52N4S4/c1-5-25-53(26-6-1)83(57-45-47-75-61(49-57)59-33-13-23-43-73(59)87-75)77-51-67-79(89-77)82(65-37-17-21-41-71(65)86(56-31-11-4-12-32-56)72-42-22-18-38-66(72)82)68-52-78(84(54-27-7-2-8-28-54)58-46-48-76-62(50-58)60-34-14-24-44-74(60)88-76)90-80(68)81(67)63-35-15-19-39-69(63)85(55-29-9-3-10-30-55)70-40-20-16-36-64(70)81/h1-52H. The summed E-state index contributed by atoms with van der Waals surface area (Å²) >= 11 is 7.64. The topological polar surface area (TPSA) is 13.0 Å². The van der Waals surface area contributed by atoms with Crippen LogP contribution in [0.25, 0.3) is 40.3 Å². The minimum Gasteiger partial charge on any atom is -0.310 e. The third-order valence-corrected chi connectivity index (χ3v) is 23.6. The van der Waals surface area contributed by atoms with Crippen molar-refractivity contribution < 1.29 is 0 Å². The van der Waals surface area contributed by atoms with Crippen molar-refractivity contribution in [3.63, 3.8) is 0 Å². The molecule has 1 aliphatic carbocycles. The average Bonchev–Trinajstić information content (AvgIpc) is 1.27. The molecule has 0 N–H and O–H groups in total. The predicted octanol–water partition coefficient (Wildman–Crippen LogP) is 24.1. The molecule has 0 saturated heterocycles. The van der Waals surface area contributed by atoms with Gasteiger partial charge in [0.1, 0.15) is 10.0 Å². The third-order valence-electron chi connectivity index (χ3n) is 18.9. The van der Waals surface area contributed by atoms with Crippen molar-refractivity contribution in [2.75, 3.05) is 19.6 Å². The summed E-state index contributed by atoms with van der Waals surface area (Å²) in [4.78, 5) is 12.7. The SMILES string of the molecule is c1ccc(N(c2ccc3sc4ccccc4c3c2)c2cc3c(s2)C2(c4ccccc4N(c4ccccc4)c4ccccc42)c2cc(N(c4ccccc4)c4ccc5sc6ccccc6c5c4)sc2C32c3ccccc3N(c3ccccc3)c3ccccc32)cc1. The van der Waals surface area contributed by atoms with Gasteiger partial charge in [0.05, 0.1) is 33.6 Å². The molecular weight excluding hydrogens is 1170 g/mol. The van der Waals surface area contributed by atoms with Crippen LogP contribution in [0.4, 0.5) is 66.9 Å². The predicted molar refractivity (Wildman–Crippen MR) is 384 cm³/mol. The van der Waals surface area contributed by atoms with E-state index in [2.05, 4.69) is 335 Å². The first-order valence-electron chi connectivity index (χ1n) is 30.6. The van der Waals surface area contributed by atoms with E-state index in [0.717, 1.165) is 66.9 Å². The summed E-state index contributed by atoms with van der Waals surface area (Å²) < 4.78 is 5.14. The average molecular weight is 1220 g/mol. The number of rotatable bonds is 8. The normalized spacial score (nSPS) is 13.9. The van der Waals surface area contributed by atoms with E-state index < -0.39 is 10.8 Å². The minimum atomic E-state index is -0.863. The van der Waals surface area contributed by atoms with Crippen LogP contribution in [0.1, 0.15) is 43.1 Å². The molecule has 6 heterocycles. The Labute approximate surface area is 537 Å². The molecule has 0 atom stereocenters. The van der Waals surface area contributed by atoms with E-state index in [4.69, 9.17) is 0 Å². The number of hydrogen-bond acceptors (Lipinski definition) is 8. The van der Waals surface area contributed by atoms with Crippen LogP contribution in [0.15, 0.2) is 315 Å². The van der Waals surface area contributed by atoms with Gasteiger partial charge < -0.3 is 19.6 Å². The molecule has 0 unspecified atom stereocenters. The highest BCUT2D eigenvalue weighted by atomic mass is 32.1. The number of benzene rings is 12. The van der Waals surface area contributed by atoms with Crippen molar-refractivity contribution in [1.82, 2.24) is 0 Å². The van der Waals surface area contributed by atoms with Crippen LogP contribution >= 0.6 is 45.3 Å². The maximum Gasteiger partial charge on any atom is 0.101 e. The van der Waals surface area contributed by atoms with E-state index in [1.54, 1.807) is 0 Å². The number of thiophene rings is 4. The lowest BCUT2D eigenvalue weighted by atomic mass is 9.53. The zero-order chi connectivity index (χ0) is 59.1. The summed E-state index contributed by atoms with van der Waals surface area (Å²) in [5.74, 6) is 0. The van der Waals surface area contributed by atoms with Crippen molar-refractivity contribution in [3.8, 4) is 0 Å². The smallest absolute Gasteiger partial charge is 0.101 e. The molecular formula is C82H52N4S4. The molecule has 16 aromatic rings. The fourth-order valence-corrected chi connectivity index (χ4v) is 20.4. The highest BCUT2D eigenvalue weighted by Gasteiger charge is 2.61. The van der Waals surface area contributed by atoms with Crippen LogP contribution < -0.4 is 19.6 Å². The maximum atomic E-state index is 2.62. The molecule has 19 rings (SSSR count). The minimum absolute atomic E-state index is 0.863. The molecule has 4 nitrogen and oxygen atoms in total. The highest BCUT2D eigenvalue weighted by Crippen LogP contribution is 2.72. The summed E-state index contributed by atoms with van der Waals surface area (Å²) in [6.07, 6.45) is 0. The lowest BCUT2D eigenvalue weighted by Crippen LogP contribution is -2.47. The lowest BCUT2D eigenvalue weighted by Gasteiger charge is -2.53. The summed E-state index contributed by atoms with van der Waals surface area (Å²) in [7, 11) is 0. The Morgan fingerprint density at radius 2 is 0.544 bits per heavy atom. The van der Waals surface area contributed by atoms with Gasteiger partial charge in [-0.1, -0.05) is 182 Å². The zero-order valence-corrected chi connectivity index (χ0v) is 51.7. The van der Waals surface area contributed by atoms with E-state index >= 15 is 0 Å². The van der Waals surface area contributed by atoms with Crippen LogP contribution in [0.3, 0.4) is 0 Å². The molecule has 2 aliphatic heterocycles. The Kier molecular flexibility index (Phi) is 11.5. The molecule has 2 spiro atoms. The lowest BCUT2D eigenvalue weighted by molar-refractivity contribution is 0.634. The van der Waals surface area contributed by atoms with Crippen molar-refractivity contribution in [2.24, 2.45) is 0 Å². The summed E-state index contributed by atoms with van der Waals surface area (Å²) in [6, 6.07) is 119. The van der Waals surface area contributed by atoms with Gasteiger partial charge in [0, 0.05) is 84.2 Å². The van der Waals surface area contributed by atoms with Gasteiger partial charge in [0.15, 0.2) is 0 Å². The summed E-state index contributed by atoms with van der Waals surface area (Å²) in [5, 5.41) is 7.37. The van der Waals surface area contributed by atoms with Gasteiger partial charge in [-0.25, -0.2) is 0 Å². The molecule has 0 bridgehead atoms. The first-order chi connectivity index (χ1) is 44.6. The fraction of sp³-hybridized carbons (Fsp3) is 0.0244. The summed E-state index contributed by atoms with van der Waals surface area (Å²) in [5.41, 5.74) is 17.1. The number of hydrogen-bond donors (Lipinski definition) is 0. The molecule has 0 saturated carbocycles. The molecule has 0 radical (unpaired) electrons. The van der Waals surface area contributed by atoms with E-state index in [1.165, 1.54) is 83.5 Å². The molecule has 3 aliphatic rings. The Morgan fingerprint density at radius 3 is 0.922 bits per heavy atom. The molecule has 8 heteroatoms. The quantitative estimate of drug-likeness (QED) is 0.150. The molecule has 4 aromatic heterocycles. The van der Waals surface area contributed by atoms with Crippen LogP contribution in [-0.2, 0) is 10.8 Å². The maximum absolute atomic E-state index is 2.62. The molecule has 90 heavy (non-hydrogen) atoms. The molecule has 0 fully saturated rings. The van der Waals surface area contributed by atoms with E-state index in [-0.39, 0.29) is 0 Å². The van der Waals surface area contributed by atoms with E-state index in [9.17, 15) is 0 Å². The largest absolute Gasteiger partial charge is 0.310 e. The number of para-hydroxylation sites is 8. The Hall–Kier alpha value is -10.3. The molecule has 0 amide bonds. The Morgan fingerprint density at radius 1 is 0.233 bits per heavy atom. The molecule has 12 aromatic carbocycles. The summed E-state index contributed by atoms with van der Waals surface area (Å²) in [6.45, 7) is 0. The Bertz CT molecular complexity index is 5010. The first-order valence-corrected chi connectivity index (χ1v) is 33.8. The van der Waals surface area contributed by atoms with Crippen molar-refractivity contribution in [2.45, 2.75) is 10.8 Å². The second-order valence-corrected chi connectivity index (χ2v) is 27.7. The first kappa shape index (κ1) is 51.7. The van der Waals surface area contributed by atoms with Gasteiger partial charge in [-0.15, -0.1) is 45.3 Å². The monoisotopic (exact) mass is 1220 g/mol. The number of nitrogens with zero attached hydrogens (tertiary/aromatic N) is 4. The van der Waals surface area contributed by atoms with Gasteiger partial charge in [-0.3, -0.25) is 0 Å². The second-order valence-electron chi connectivity index (χ2n) is 23.5. The van der Waals surface area contributed by atoms with Crippen LogP contribution in [0.2, 0.25) is 0 Å². The Balaban J connectivity index is 0.983. The number of anilines is 12. The van der Waals surface area contributed by atoms with Gasteiger partial charge >= 0.3 is 0 Å². The fourth-order valence-electron chi connectivity index (χ4n) is 15.3. The van der Waals surface area contributed by atoms with E-state index in [1.807, 2.05) is 45.3 Å². The third kappa shape index (κ3) is 7.33. The van der Waals surface area contributed by atoms with Crippen molar-refractivity contribution in [3.05, 3.63) is 359 Å². The van der Waals surface area contributed by atoms with Gasteiger partial charge in [-0.05, 0) is 167 Å². The van der Waals surface area contributed by atoms with Crippen LogP contribution in [0, 0.1) is 0 Å². The van der Waals surface area contributed by atoms with Gasteiger partial charge in [-0.2, -0.15) is 0 Å². The zero-order valence-electron chi connectivity index (χ0n) is 48.4. The van der Waals surface area contributed by atoms with Crippen LogP contribution in [-0.4, -0.2) is 0 Å². The van der Waals surface area contributed by atoms with Gasteiger partial charge in [0.2, 0.25) is 0 Å². The number of fused-ring (bicyclic) bond motifs is 20. The van der Waals surface area contributed by atoms with Crippen LogP contribution in [0.5, 0.6) is 0 Å². The second kappa shape index (κ2) is 20.1. The van der Waals surface area contributed by atoms with Crippen molar-refractivity contribution >= 4 is 153 Å².